The van der Waals surface area contributed by atoms with Gasteiger partial charge >= 0.3 is 0 Å². The lowest BCUT2D eigenvalue weighted by atomic mass is 9.80. The monoisotopic (exact) mass is 339 g/mol. The molecule has 1 aromatic carbocycles. The molecule has 0 bridgehead atoms. The summed E-state index contributed by atoms with van der Waals surface area (Å²) in [4.78, 5) is 16.3. The topological polar surface area (TPSA) is 104 Å². The van der Waals surface area contributed by atoms with Crippen LogP contribution in [0, 0.1) is 11.3 Å². The summed E-state index contributed by atoms with van der Waals surface area (Å²) in [7, 11) is 0. The highest BCUT2D eigenvalue weighted by atomic mass is 16.5. The largest absolute Gasteiger partial charge is 0.355 e. The van der Waals surface area contributed by atoms with Crippen LogP contribution in [0.2, 0.25) is 0 Å². The number of carbonyl (C=O) groups excluding carboxylic acids is 1. The molecule has 0 spiro atoms. The molecule has 1 fully saturated rings. The minimum Gasteiger partial charge on any atom is -0.355 e. The van der Waals surface area contributed by atoms with Crippen molar-refractivity contribution in [1.29, 1.82) is 5.26 Å². The second-order valence-corrected chi connectivity index (χ2v) is 6.22. The van der Waals surface area contributed by atoms with E-state index in [0.717, 1.165) is 19.5 Å². The second kappa shape index (κ2) is 7.90. The lowest BCUT2D eigenvalue weighted by Gasteiger charge is -2.27. The van der Waals surface area contributed by atoms with Gasteiger partial charge in [0, 0.05) is 6.54 Å². The molecule has 1 amide bonds. The molecule has 0 saturated carbocycles. The normalized spacial score (nSPS) is 16.1. The number of nitriles is 1. The number of piperidine rings is 1. The van der Waals surface area contributed by atoms with Crippen molar-refractivity contribution in [3.63, 3.8) is 0 Å². The van der Waals surface area contributed by atoms with Gasteiger partial charge in [0.2, 0.25) is 11.8 Å². The van der Waals surface area contributed by atoms with Gasteiger partial charge in [-0.25, -0.2) is 0 Å². The first-order valence-corrected chi connectivity index (χ1v) is 8.47. The summed E-state index contributed by atoms with van der Waals surface area (Å²) in [5.74, 6) is 0.489. The van der Waals surface area contributed by atoms with Gasteiger partial charge < -0.3 is 15.2 Å². The Morgan fingerprint density at radius 3 is 2.80 bits per heavy atom. The van der Waals surface area contributed by atoms with Crippen LogP contribution in [0.1, 0.15) is 30.1 Å². The molecule has 0 atom stereocenters. The average molecular weight is 339 g/mol. The van der Waals surface area contributed by atoms with Gasteiger partial charge in [0.05, 0.1) is 12.5 Å². The van der Waals surface area contributed by atoms with Crippen molar-refractivity contribution < 1.29 is 9.32 Å². The molecule has 1 aliphatic rings. The van der Waals surface area contributed by atoms with Crippen molar-refractivity contribution in [3.05, 3.63) is 47.6 Å². The number of nitrogens with zero attached hydrogens (tertiary/aromatic N) is 3. The van der Waals surface area contributed by atoms with E-state index in [4.69, 9.17) is 4.52 Å². The molecule has 0 aliphatic carbocycles. The molecule has 1 saturated heterocycles. The molecule has 130 valence electrons. The fourth-order valence-corrected chi connectivity index (χ4v) is 2.94. The average Bonchev–Trinajstić information content (AvgIpc) is 3.12. The summed E-state index contributed by atoms with van der Waals surface area (Å²) >= 11 is 0. The van der Waals surface area contributed by atoms with E-state index >= 15 is 0 Å². The fourth-order valence-electron chi connectivity index (χ4n) is 2.94. The summed E-state index contributed by atoms with van der Waals surface area (Å²) in [6.45, 7) is 2.04. The van der Waals surface area contributed by atoms with Gasteiger partial charge in [0.15, 0.2) is 5.82 Å². The summed E-state index contributed by atoms with van der Waals surface area (Å²) in [5, 5.41) is 19.5. The predicted molar refractivity (Wildman–Crippen MR) is 90.6 cm³/mol. The summed E-state index contributed by atoms with van der Waals surface area (Å²) in [6.07, 6.45) is 2.09. The first-order valence-electron chi connectivity index (χ1n) is 8.47. The zero-order valence-electron chi connectivity index (χ0n) is 14.0. The lowest BCUT2D eigenvalue weighted by Crippen LogP contribution is -2.39. The van der Waals surface area contributed by atoms with Gasteiger partial charge in [0.1, 0.15) is 5.41 Å². The van der Waals surface area contributed by atoms with Crippen LogP contribution < -0.4 is 10.6 Å². The molecule has 2 N–H and O–H groups in total. The van der Waals surface area contributed by atoms with Crippen LogP contribution in [0.3, 0.4) is 0 Å². The van der Waals surface area contributed by atoms with Crippen LogP contribution in [0.5, 0.6) is 0 Å². The molecule has 1 aromatic heterocycles. The molecule has 2 heterocycles. The number of amides is 1. The SMILES string of the molecule is N#CC1(c2nc(CC(=O)NCCc3ccccc3)no2)CCNCC1. The molecule has 0 unspecified atom stereocenters. The van der Waals surface area contributed by atoms with Crippen molar-refractivity contribution in [3.8, 4) is 6.07 Å². The number of rotatable bonds is 6. The van der Waals surface area contributed by atoms with Crippen LogP contribution in [0.15, 0.2) is 34.9 Å². The van der Waals surface area contributed by atoms with Gasteiger partial charge in [-0.3, -0.25) is 4.79 Å². The quantitative estimate of drug-likeness (QED) is 0.817. The van der Waals surface area contributed by atoms with Crippen LogP contribution in [-0.2, 0) is 23.1 Å². The Morgan fingerprint density at radius 2 is 2.08 bits per heavy atom. The van der Waals surface area contributed by atoms with E-state index < -0.39 is 5.41 Å². The first-order chi connectivity index (χ1) is 12.2. The van der Waals surface area contributed by atoms with Crippen molar-refractivity contribution >= 4 is 5.91 Å². The predicted octanol–water partition coefficient (Wildman–Crippen LogP) is 1.12. The van der Waals surface area contributed by atoms with Gasteiger partial charge in [0.25, 0.3) is 0 Å². The Morgan fingerprint density at radius 1 is 1.32 bits per heavy atom. The smallest absolute Gasteiger partial charge is 0.247 e. The number of hydrogen-bond donors (Lipinski definition) is 2. The van der Waals surface area contributed by atoms with E-state index in [1.165, 1.54) is 5.56 Å². The number of benzene rings is 1. The minimum atomic E-state index is -0.736. The molecule has 7 heteroatoms. The van der Waals surface area contributed by atoms with E-state index in [-0.39, 0.29) is 12.3 Å². The van der Waals surface area contributed by atoms with E-state index in [0.29, 0.717) is 31.1 Å². The van der Waals surface area contributed by atoms with E-state index in [1.54, 1.807) is 0 Å². The summed E-state index contributed by atoms with van der Waals surface area (Å²) < 4.78 is 5.28. The van der Waals surface area contributed by atoms with E-state index in [9.17, 15) is 10.1 Å². The zero-order valence-corrected chi connectivity index (χ0v) is 14.0. The Kier molecular flexibility index (Phi) is 5.41. The van der Waals surface area contributed by atoms with Crippen LogP contribution in [0.25, 0.3) is 0 Å². The third-order valence-electron chi connectivity index (χ3n) is 4.45. The Bertz CT molecular complexity index is 744. The van der Waals surface area contributed by atoms with Gasteiger partial charge in [-0.15, -0.1) is 0 Å². The van der Waals surface area contributed by atoms with Crippen molar-refractivity contribution in [2.45, 2.75) is 31.1 Å². The Hall–Kier alpha value is -2.72. The van der Waals surface area contributed by atoms with Gasteiger partial charge in [-0.2, -0.15) is 10.2 Å². The summed E-state index contributed by atoms with van der Waals surface area (Å²) in [6, 6.07) is 12.3. The molecule has 0 radical (unpaired) electrons. The number of aromatic nitrogens is 2. The highest BCUT2D eigenvalue weighted by Gasteiger charge is 2.39. The van der Waals surface area contributed by atoms with Gasteiger partial charge in [-0.05, 0) is 37.9 Å². The van der Waals surface area contributed by atoms with Crippen molar-refractivity contribution in [2.24, 2.45) is 0 Å². The third-order valence-corrected chi connectivity index (χ3v) is 4.45. The molecule has 25 heavy (non-hydrogen) atoms. The molecular weight excluding hydrogens is 318 g/mol. The maximum Gasteiger partial charge on any atom is 0.247 e. The van der Waals surface area contributed by atoms with E-state index in [2.05, 4.69) is 26.8 Å². The highest BCUT2D eigenvalue weighted by Crippen LogP contribution is 2.31. The van der Waals surface area contributed by atoms with Crippen molar-refractivity contribution in [1.82, 2.24) is 20.8 Å². The maximum atomic E-state index is 12.0. The number of carbonyl (C=O) groups is 1. The molecule has 7 nitrogen and oxygen atoms in total. The molecule has 3 rings (SSSR count). The van der Waals surface area contributed by atoms with Crippen molar-refractivity contribution in [2.75, 3.05) is 19.6 Å². The Labute approximate surface area is 146 Å². The minimum absolute atomic E-state index is 0.0536. The maximum absolute atomic E-state index is 12.0. The second-order valence-electron chi connectivity index (χ2n) is 6.22. The van der Waals surface area contributed by atoms with Gasteiger partial charge in [-0.1, -0.05) is 35.5 Å². The standard InChI is InChI=1S/C18H21N5O2/c19-13-18(7-10-20-11-8-18)17-22-15(23-25-17)12-16(24)21-9-6-14-4-2-1-3-5-14/h1-5,20H,6-12H2,(H,21,24). The lowest BCUT2D eigenvalue weighted by molar-refractivity contribution is -0.120. The third kappa shape index (κ3) is 4.22. The van der Waals surface area contributed by atoms with Crippen LogP contribution in [-0.4, -0.2) is 35.7 Å². The molecular formula is C18H21N5O2. The summed E-state index contributed by atoms with van der Waals surface area (Å²) in [5.41, 5.74) is 0.437. The fraction of sp³-hybridized carbons (Fsp3) is 0.444. The van der Waals surface area contributed by atoms with Crippen LogP contribution >= 0.6 is 0 Å². The zero-order chi connectivity index (χ0) is 17.5. The highest BCUT2D eigenvalue weighted by molar-refractivity contribution is 5.77. The number of nitrogens with one attached hydrogen (secondary N) is 2. The number of hydrogen-bond acceptors (Lipinski definition) is 6. The molecule has 1 aliphatic heterocycles. The Balaban J connectivity index is 1.52. The van der Waals surface area contributed by atoms with Crippen LogP contribution in [0.4, 0.5) is 0 Å². The van der Waals surface area contributed by atoms with E-state index in [1.807, 2.05) is 30.3 Å². The first kappa shape index (κ1) is 17.1. The molecule has 2 aromatic rings.